The maximum atomic E-state index is 13.1. The normalized spacial score (nSPS) is 13.7. The molecule has 0 aliphatic heterocycles. The van der Waals surface area contributed by atoms with Gasteiger partial charge in [-0.1, -0.05) is 236 Å². The number of aliphatic hydroxyl groups excluding tert-OH is 2. The second kappa shape index (κ2) is 45.9. The molecule has 0 heterocycles. The third-order valence-corrected chi connectivity index (χ3v) is 11.3. The molecule has 1 amide bonds. The Labute approximate surface area is 359 Å². The van der Waals surface area contributed by atoms with Gasteiger partial charge in [-0.15, -0.1) is 0 Å². The summed E-state index contributed by atoms with van der Waals surface area (Å²) in [7, 11) is 0. The van der Waals surface area contributed by atoms with Crippen LogP contribution < -0.4 is 5.32 Å². The molecule has 3 atom stereocenters. The third kappa shape index (κ3) is 40.6. The Morgan fingerprint density at radius 2 is 0.931 bits per heavy atom. The van der Waals surface area contributed by atoms with Crippen molar-refractivity contribution in [1.82, 2.24) is 5.32 Å². The average molecular weight is 814 g/mol. The van der Waals surface area contributed by atoms with Crippen LogP contribution in [0.5, 0.6) is 0 Å². The summed E-state index contributed by atoms with van der Waals surface area (Å²) in [6, 6.07) is -0.707. The molecule has 0 aromatic heterocycles. The number of amides is 1. The molecule has 6 heteroatoms. The Bertz CT molecular complexity index is 1000. The zero-order chi connectivity index (χ0) is 42.4. The van der Waals surface area contributed by atoms with E-state index in [1.807, 2.05) is 24.3 Å². The van der Waals surface area contributed by atoms with E-state index in [-0.39, 0.29) is 24.9 Å². The minimum Gasteiger partial charge on any atom is -0.462 e. The quantitative estimate of drug-likeness (QED) is 0.0323. The molecule has 0 aromatic rings. The first-order valence-corrected chi connectivity index (χ1v) is 24.9. The van der Waals surface area contributed by atoms with Crippen molar-refractivity contribution in [2.75, 3.05) is 6.61 Å². The van der Waals surface area contributed by atoms with E-state index in [9.17, 15) is 19.8 Å². The molecule has 6 nitrogen and oxygen atoms in total. The highest BCUT2D eigenvalue weighted by molar-refractivity contribution is 5.77. The van der Waals surface area contributed by atoms with Gasteiger partial charge < -0.3 is 20.3 Å². The number of allylic oxidation sites excluding steroid dienone is 8. The van der Waals surface area contributed by atoms with E-state index < -0.39 is 18.2 Å². The lowest BCUT2D eigenvalue weighted by Crippen LogP contribution is -2.46. The van der Waals surface area contributed by atoms with E-state index in [0.717, 1.165) is 70.6 Å². The van der Waals surface area contributed by atoms with Crippen LogP contribution in [0.4, 0.5) is 0 Å². The molecule has 0 spiro atoms. The van der Waals surface area contributed by atoms with Gasteiger partial charge in [0.05, 0.1) is 25.2 Å². The lowest BCUT2D eigenvalue weighted by Gasteiger charge is -2.24. The Kier molecular flexibility index (Phi) is 44.2. The van der Waals surface area contributed by atoms with Crippen molar-refractivity contribution in [1.29, 1.82) is 0 Å². The van der Waals surface area contributed by atoms with E-state index in [0.29, 0.717) is 19.3 Å². The minimum atomic E-state index is -0.792. The van der Waals surface area contributed by atoms with Crippen molar-refractivity contribution >= 4 is 11.9 Å². The van der Waals surface area contributed by atoms with Crippen LogP contribution in [-0.2, 0) is 14.3 Å². The zero-order valence-electron chi connectivity index (χ0n) is 38.4. The monoisotopic (exact) mass is 814 g/mol. The van der Waals surface area contributed by atoms with Gasteiger partial charge in [-0.05, 0) is 44.9 Å². The summed E-state index contributed by atoms with van der Waals surface area (Å²) < 4.78 is 5.88. The summed E-state index contributed by atoms with van der Waals surface area (Å²) in [5.41, 5.74) is 0. The van der Waals surface area contributed by atoms with Crippen molar-refractivity contribution in [2.24, 2.45) is 0 Å². The lowest BCUT2D eigenvalue weighted by atomic mass is 10.0. The molecule has 0 aliphatic carbocycles. The number of aliphatic hydroxyl groups is 2. The molecular formula is C52H95NO5. The van der Waals surface area contributed by atoms with Crippen molar-refractivity contribution < 1.29 is 24.5 Å². The molecule has 0 aliphatic rings. The van der Waals surface area contributed by atoms with Gasteiger partial charge >= 0.3 is 5.97 Å². The molecule has 0 rings (SSSR count). The number of nitrogens with one attached hydrogen (secondary N) is 1. The van der Waals surface area contributed by atoms with Crippen LogP contribution in [0.3, 0.4) is 0 Å². The Hall–Kier alpha value is -2.18. The maximum absolute atomic E-state index is 13.1. The number of unbranched alkanes of at least 4 members (excludes halogenated alkanes) is 27. The van der Waals surface area contributed by atoms with E-state index in [1.165, 1.54) is 128 Å². The number of rotatable bonds is 44. The lowest BCUT2D eigenvalue weighted by molar-refractivity contribution is -0.151. The predicted molar refractivity (Wildman–Crippen MR) is 250 cm³/mol. The number of hydrogen-bond donors (Lipinski definition) is 3. The van der Waals surface area contributed by atoms with Crippen LogP contribution in [-0.4, -0.2) is 46.9 Å². The highest BCUT2D eigenvalue weighted by atomic mass is 16.5. The first-order chi connectivity index (χ1) is 28.5. The Morgan fingerprint density at radius 1 is 0.517 bits per heavy atom. The van der Waals surface area contributed by atoms with Crippen LogP contribution in [0, 0.1) is 0 Å². The summed E-state index contributed by atoms with van der Waals surface area (Å²) in [4.78, 5) is 26.0. The highest BCUT2D eigenvalue weighted by Gasteiger charge is 2.24. The molecule has 0 bridgehead atoms. The van der Waals surface area contributed by atoms with Crippen LogP contribution in [0.25, 0.3) is 0 Å². The summed E-state index contributed by atoms with van der Waals surface area (Å²) in [5, 5.41) is 23.7. The largest absolute Gasteiger partial charge is 0.462 e. The van der Waals surface area contributed by atoms with Crippen molar-refractivity contribution in [2.45, 2.75) is 264 Å². The molecule has 0 fully saturated rings. The summed E-state index contributed by atoms with van der Waals surface area (Å²) in [6.45, 7) is 6.33. The van der Waals surface area contributed by atoms with Crippen molar-refractivity contribution in [3.8, 4) is 0 Å². The molecule has 58 heavy (non-hydrogen) atoms. The second-order valence-corrected chi connectivity index (χ2v) is 16.9. The summed E-state index contributed by atoms with van der Waals surface area (Å²) in [5.74, 6) is -0.517. The third-order valence-electron chi connectivity index (χ3n) is 11.3. The fourth-order valence-electron chi connectivity index (χ4n) is 7.50. The van der Waals surface area contributed by atoms with Gasteiger partial charge in [0.1, 0.15) is 6.10 Å². The first kappa shape index (κ1) is 55.8. The number of carbonyl (C=O) groups is 2. The fraction of sp³-hybridized carbons (Fsp3) is 0.808. The number of ether oxygens (including phenoxy) is 1. The summed E-state index contributed by atoms with van der Waals surface area (Å²) in [6.07, 6.45) is 54.6. The maximum Gasteiger partial charge on any atom is 0.306 e. The molecule has 0 aromatic carbocycles. The van der Waals surface area contributed by atoms with Gasteiger partial charge in [-0.25, -0.2) is 0 Å². The standard InChI is InChI=1S/C52H95NO5/c1-4-7-10-13-16-19-21-23-24-25-26-28-29-32-35-38-41-44-50(55)49(47-54)53-51(56)46-48(43-40-37-34-31-18-15-12-9-6-3)58-52(57)45-42-39-36-33-30-27-22-20-17-14-11-8-5-2/h8,11,14,17,20,22,27,30,48-50,54-55H,4-7,9-10,12-13,15-16,18-19,21,23-26,28-29,31-47H2,1-3H3,(H,53,56)/b11-8+,17-14+,22-20-,30-27-. The Balaban J connectivity index is 4.47. The second-order valence-electron chi connectivity index (χ2n) is 16.9. The zero-order valence-corrected chi connectivity index (χ0v) is 38.4. The van der Waals surface area contributed by atoms with Gasteiger partial charge in [0.2, 0.25) is 5.91 Å². The van der Waals surface area contributed by atoms with Gasteiger partial charge in [0.15, 0.2) is 0 Å². The van der Waals surface area contributed by atoms with Gasteiger partial charge in [0.25, 0.3) is 0 Å². The van der Waals surface area contributed by atoms with Gasteiger partial charge in [-0.2, -0.15) is 0 Å². The number of esters is 1. The molecule has 0 saturated carbocycles. The predicted octanol–water partition coefficient (Wildman–Crippen LogP) is 14.7. The molecular weight excluding hydrogens is 719 g/mol. The van der Waals surface area contributed by atoms with Crippen LogP contribution in [0.15, 0.2) is 48.6 Å². The fourth-order valence-corrected chi connectivity index (χ4v) is 7.50. The van der Waals surface area contributed by atoms with Crippen LogP contribution in [0.2, 0.25) is 0 Å². The smallest absolute Gasteiger partial charge is 0.306 e. The van der Waals surface area contributed by atoms with E-state index in [4.69, 9.17) is 4.74 Å². The minimum absolute atomic E-state index is 0.0630. The first-order valence-electron chi connectivity index (χ1n) is 24.9. The topological polar surface area (TPSA) is 95.9 Å². The van der Waals surface area contributed by atoms with E-state index in [2.05, 4.69) is 50.4 Å². The average Bonchev–Trinajstić information content (AvgIpc) is 3.22. The van der Waals surface area contributed by atoms with Crippen LogP contribution >= 0.6 is 0 Å². The Morgan fingerprint density at radius 3 is 1.40 bits per heavy atom. The molecule has 338 valence electrons. The molecule has 0 radical (unpaired) electrons. The van der Waals surface area contributed by atoms with Crippen LogP contribution in [0.1, 0.15) is 245 Å². The summed E-state index contributed by atoms with van der Waals surface area (Å²) >= 11 is 0. The number of hydrogen-bond acceptors (Lipinski definition) is 5. The highest BCUT2D eigenvalue weighted by Crippen LogP contribution is 2.18. The number of carbonyl (C=O) groups excluding carboxylic acids is 2. The molecule has 3 unspecified atom stereocenters. The van der Waals surface area contributed by atoms with E-state index >= 15 is 0 Å². The van der Waals surface area contributed by atoms with Gasteiger partial charge in [0, 0.05) is 6.42 Å². The molecule has 3 N–H and O–H groups in total. The SMILES string of the molecule is CC/C=C/C=C/C=C\C=C/CCCCCC(=O)OC(CCCCCCCCCCC)CC(=O)NC(CO)C(O)CCCCCCCCCCCCCCCCCCC. The molecule has 0 saturated heterocycles. The van der Waals surface area contributed by atoms with Gasteiger partial charge in [-0.3, -0.25) is 9.59 Å². The van der Waals surface area contributed by atoms with E-state index in [1.54, 1.807) is 0 Å². The van der Waals surface area contributed by atoms with Crippen molar-refractivity contribution in [3.63, 3.8) is 0 Å². The van der Waals surface area contributed by atoms with Crippen molar-refractivity contribution in [3.05, 3.63) is 48.6 Å².